The standard InChI is InChI=1S/C19H22N4O4/c1-3-10-19(20,13(2)24)18(26)27-16-5-4-11-23(17(16)25)15-8-6-14(7-9-15)12-22-21/h1,6-9,12,16H,4-5,10-11,20-21H2,2H3. The van der Waals surface area contributed by atoms with Crippen molar-refractivity contribution in [3.63, 3.8) is 0 Å². The summed E-state index contributed by atoms with van der Waals surface area (Å²) >= 11 is 0. The van der Waals surface area contributed by atoms with E-state index >= 15 is 0 Å². The van der Waals surface area contributed by atoms with Gasteiger partial charge in [0.15, 0.2) is 17.4 Å². The first-order chi connectivity index (χ1) is 12.8. The quantitative estimate of drug-likeness (QED) is 0.185. The molecule has 8 heteroatoms. The average Bonchev–Trinajstić information content (AvgIpc) is 2.64. The number of piperidine rings is 1. The summed E-state index contributed by atoms with van der Waals surface area (Å²) in [4.78, 5) is 38.5. The van der Waals surface area contributed by atoms with Crippen LogP contribution in [-0.2, 0) is 19.1 Å². The zero-order chi connectivity index (χ0) is 20.0. The third kappa shape index (κ3) is 4.33. The zero-order valence-electron chi connectivity index (χ0n) is 15.1. The number of Topliss-reactive ketones (excluding diaryl/α,β-unsaturated/α-hetero) is 1. The molecule has 0 spiro atoms. The predicted octanol–water partition coefficient (Wildman–Crippen LogP) is 0.328. The van der Waals surface area contributed by atoms with Crippen LogP contribution >= 0.6 is 0 Å². The van der Waals surface area contributed by atoms with Crippen molar-refractivity contribution in [2.24, 2.45) is 16.7 Å². The summed E-state index contributed by atoms with van der Waals surface area (Å²) < 4.78 is 5.29. The number of carbonyl (C=O) groups excluding carboxylic acids is 3. The minimum atomic E-state index is -1.94. The first-order valence-electron chi connectivity index (χ1n) is 8.42. The lowest BCUT2D eigenvalue weighted by Gasteiger charge is -2.33. The van der Waals surface area contributed by atoms with E-state index in [9.17, 15) is 14.4 Å². The number of nitrogens with two attached hydrogens (primary N) is 2. The molecule has 27 heavy (non-hydrogen) atoms. The molecule has 2 rings (SSSR count). The van der Waals surface area contributed by atoms with Gasteiger partial charge in [0.2, 0.25) is 0 Å². The van der Waals surface area contributed by atoms with Crippen molar-refractivity contribution < 1.29 is 19.1 Å². The summed E-state index contributed by atoms with van der Waals surface area (Å²) in [6, 6.07) is 7.03. The molecule has 0 bridgehead atoms. The van der Waals surface area contributed by atoms with Crippen molar-refractivity contribution in [1.29, 1.82) is 0 Å². The molecule has 1 aliphatic rings. The van der Waals surface area contributed by atoms with Crippen molar-refractivity contribution in [3.8, 4) is 12.3 Å². The van der Waals surface area contributed by atoms with Crippen LogP contribution in [0, 0.1) is 12.3 Å². The van der Waals surface area contributed by atoms with Gasteiger partial charge in [-0.05, 0) is 37.5 Å². The Morgan fingerprint density at radius 1 is 1.44 bits per heavy atom. The smallest absolute Gasteiger partial charge is 0.335 e. The molecule has 0 aromatic heterocycles. The van der Waals surface area contributed by atoms with Gasteiger partial charge in [-0.15, -0.1) is 12.3 Å². The number of hydrazone groups is 1. The zero-order valence-corrected chi connectivity index (χ0v) is 15.1. The van der Waals surface area contributed by atoms with E-state index in [0.29, 0.717) is 25.1 Å². The number of hydrogen-bond donors (Lipinski definition) is 2. The van der Waals surface area contributed by atoms with E-state index in [1.54, 1.807) is 24.3 Å². The summed E-state index contributed by atoms with van der Waals surface area (Å²) in [6.45, 7) is 1.65. The molecular weight excluding hydrogens is 348 g/mol. The van der Waals surface area contributed by atoms with Crippen LogP contribution in [0.2, 0.25) is 0 Å². The lowest BCUT2D eigenvalue weighted by Crippen LogP contribution is -2.57. The Labute approximate surface area is 157 Å². The lowest BCUT2D eigenvalue weighted by atomic mass is 9.92. The van der Waals surface area contributed by atoms with Gasteiger partial charge in [-0.3, -0.25) is 9.59 Å². The Bertz CT molecular complexity index is 797. The molecule has 1 fully saturated rings. The molecule has 8 nitrogen and oxygen atoms in total. The first kappa shape index (κ1) is 20.1. The molecule has 0 radical (unpaired) electrons. The third-order valence-corrected chi connectivity index (χ3v) is 4.44. The first-order valence-corrected chi connectivity index (χ1v) is 8.42. The number of hydrogen-bond acceptors (Lipinski definition) is 7. The normalized spacial score (nSPS) is 19.4. The van der Waals surface area contributed by atoms with E-state index in [1.165, 1.54) is 18.0 Å². The number of carbonyl (C=O) groups is 3. The monoisotopic (exact) mass is 370 g/mol. The van der Waals surface area contributed by atoms with Gasteiger partial charge in [-0.1, -0.05) is 12.1 Å². The largest absolute Gasteiger partial charge is 0.451 e. The Kier molecular flexibility index (Phi) is 6.32. The highest BCUT2D eigenvalue weighted by Crippen LogP contribution is 2.24. The second-order valence-electron chi connectivity index (χ2n) is 6.30. The maximum atomic E-state index is 12.8. The van der Waals surface area contributed by atoms with E-state index in [4.69, 9.17) is 22.7 Å². The van der Waals surface area contributed by atoms with Crippen molar-refractivity contribution in [1.82, 2.24) is 0 Å². The molecule has 2 atom stereocenters. The van der Waals surface area contributed by atoms with Crippen LogP contribution in [-0.4, -0.2) is 42.1 Å². The number of ketones is 1. The molecule has 1 aromatic rings. The highest BCUT2D eigenvalue weighted by Gasteiger charge is 2.43. The third-order valence-electron chi connectivity index (χ3n) is 4.44. The van der Waals surface area contributed by atoms with Gasteiger partial charge >= 0.3 is 5.97 Å². The van der Waals surface area contributed by atoms with Crippen molar-refractivity contribution in [2.75, 3.05) is 11.4 Å². The van der Waals surface area contributed by atoms with Gasteiger partial charge in [-0.25, -0.2) is 4.79 Å². The number of ether oxygens (including phenoxy) is 1. The average molecular weight is 370 g/mol. The van der Waals surface area contributed by atoms with E-state index in [0.717, 1.165) is 5.56 Å². The van der Waals surface area contributed by atoms with Crippen LogP contribution in [0.25, 0.3) is 0 Å². The van der Waals surface area contributed by atoms with Crippen LogP contribution in [0.5, 0.6) is 0 Å². The molecule has 0 aliphatic carbocycles. The molecule has 1 saturated heterocycles. The second kappa shape index (κ2) is 8.47. The number of rotatable bonds is 6. The fraction of sp³-hybridized carbons (Fsp3) is 0.368. The van der Waals surface area contributed by atoms with Crippen molar-refractivity contribution in [3.05, 3.63) is 29.8 Å². The minimum absolute atomic E-state index is 0.296. The molecule has 1 heterocycles. The maximum Gasteiger partial charge on any atom is 0.335 e. The van der Waals surface area contributed by atoms with Crippen LogP contribution in [0.4, 0.5) is 5.69 Å². The fourth-order valence-electron chi connectivity index (χ4n) is 2.77. The molecular formula is C19H22N4O4. The van der Waals surface area contributed by atoms with E-state index in [-0.39, 0.29) is 12.3 Å². The number of anilines is 1. The molecule has 4 N–H and O–H groups in total. The number of esters is 1. The molecule has 1 amide bonds. The van der Waals surface area contributed by atoms with Gasteiger partial charge in [0.05, 0.1) is 6.21 Å². The summed E-state index contributed by atoms with van der Waals surface area (Å²) in [7, 11) is 0. The molecule has 0 saturated carbocycles. The van der Waals surface area contributed by atoms with Gasteiger partial charge in [0.1, 0.15) is 0 Å². The predicted molar refractivity (Wildman–Crippen MR) is 101 cm³/mol. The summed E-state index contributed by atoms with van der Waals surface area (Å²) in [6.07, 6.45) is 6.35. The molecule has 1 aromatic carbocycles. The van der Waals surface area contributed by atoms with Gasteiger partial charge < -0.3 is 21.2 Å². The fourth-order valence-corrected chi connectivity index (χ4v) is 2.77. The number of amides is 1. The number of nitrogens with zero attached hydrogens (tertiary/aromatic N) is 2. The Morgan fingerprint density at radius 2 is 2.11 bits per heavy atom. The second-order valence-corrected chi connectivity index (χ2v) is 6.30. The van der Waals surface area contributed by atoms with Crippen LogP contribution in [0.15, 0.2) is 29.4 Å². The maximum absolute atomic E-state index is 12.8. The van der Waals surface area contributed by atoms with Crippen LogP contribution in [0.1, 0.15) is 31.7 Å². The minimum Gasteiger partial charge on any atom is -0.451 e. The topological polar surface area (TPSA) is 128 Å². The van der Waals surface area contributed by atoms with Crippen molar-refractivity contribution in [2.45, 2.75) is 37.8 Å². The van der Waals surface area contributed by atoms with E-state index in [2.05, 4.69) is 11.0 Å². The van der Waals surface area contributed by atoms with Gasteiger partial charge in [-0.2, -0.15) is 5.10 Å². The Morgan fingerprint density at radius 3 is 2.67 bits per heavy atom. The number of terminal acetylenes is 1. The Balaban J connectivity index is 2.15. The molecule has 2 unspecified atom stereocenters. The van der Waals surface area contributed by atoms with Crippen LogP contribution < -0.4 is 16.5 Å². The lowest BCUT2D eigenvalue weighted by molar-refractivity contribution is -0.163. The van der Waals surface area contributed by atoms with E-state index in [1.807, 2.05) is 0 Å². The summed E-state index contributed by atoms with van der Waals surface area (Å²) in [5.41, 5.74) is 5.34. The highest BCUT2D eigenvalue weighted by molar-refractivity contribution is 6.08. The number of benzene rings is 1. The summed E-state index contributed by atoms with van der Waals surface area (Å²) in [5.74, 6) is 5.36. The summed E-state index contributed by atoms with van der Waals surface area (Å²) in [5, 5.41) is 3.44. The van der Waals surface area contributed by atoms with Crippen LogP contribution in [0.3, 0.4) is 0 Å². The molecule has 1 aliphatic heterocycles. The Hall–Kier alpha value is -3.18. The highest BCUT2D eigenvalue weighted by atomic mass is 16.6. The van der Waals surface area contributed by atoms with Crippen molar-refractivity contribution >= 4 is 29.6 Å². The molecule has 142 valence electrons. The van der Waals surface area contributed by atoms with Gasteiger partial charge in [0, 0.05) is 18.7 Å². The SMILES string of the molecule is C#CCC(N)(C(C)=O)C(=O)OC1CCCN(c2ccc(C=NN)cc2)C1=O. The van der Waals surface area contributed by atoms with Gasteiger partial charge in [0.25, 0.3) is 5.91 Å². The van der Waals surface area contributed by atoms with E-state index < -0.39 is 23.4 Å².